The Morgan fingerprint density at radius 3 is 2.30 bits per heavy atom. The zero-order valence-corrected chi connectivity index (χ0v) is 24.3. The fourth-order valence-corrected chi connectivity index (χ4v) is 5.51. The van der Waals surface area contributed by atoms with Crippen molar-refractivity contribution in [2.75, 3.05) is 51.8 Å². The van der Waals surface area contributed by atoms with Crippen LogP contribution in [0.4, 0.5) is 10.5 Å². The number of rotatable bonds is 8. The molecule has 9 nitrogen and oxygen atoms in total. The van der Waals surface area contributed by atoms with Crippen LogP contribution in [0.5, 0.6) is 0 Å². The van der Waals surface area contributed by atoms with Crippen molar-refractivity contribution in [3.63, 3.8) is 0 Å². The molecule has 0 saturated carbocycles. The van der Waals surface area contributed by atoms with Gasteiger partial charge in [-0.05, 0) is 64.9 Å². The number of nitrogens with zero attached hydrogens (tertiary/aromatic N) is 3. The molecule has 1 spiro atoms. The largest absolute Gasteiger partial charge is 0.444 e. The van der Waals surface area contributed by atoms with E-state index in [1.54, 1.807) is 25.7 Å². The standard InChI is InChI=1S/C31H42N4O5/c1-30(2,3)40-29(38)32-25(21-39-20-23-11-7-6-8-12-23)28(37)34-17-15-31(16-18-34)22-35(27(36)19-33(4)5)26-14-10-9-13-24(26)31/h6-14,25H,15-22H2,1-5H3,(H,32,38)/t25-/m1/s1. The van der Waals surface area contributed by atoms with Crippen LogP contribution >= 0.6 is 0 Å². The second-order valence-electron chi connectivity index (χ2n) is 12.0. The third-order valence-corrected chi connectivity index (χ3v) is 7.40. The van der Waals surface area contributed by atoms with E-state index in [2.05, 4.69) is 11.4 Å². The summed E-state index contributed by atoms with van der Waals surface area (Å²) in [5.41, 5.74) is 2.23. The van der Waals surface area contributed by atoms with E-state index in [1.165, 1.54) is 5.56 Å². The Kier molecular flexibility index (Phi) is 9.15. The minimum atomic E-state index is -0.873. The number of piperidine rings is 1. The Hall–Kier alpha value is -3.43. The third-order valence-electron chi connectivity index (χ3n) is 7.40. The van der Waals surface area contributed by atoms with Crippen LogP contribution in [0.3, 0.4) is 0 Å². The highest BCUT2D eigenvalue weighted by atomic mass is 16.6. The molecular weight excluding hydrogens is 508 g/mol. The first-order valence-corrected chi connectivity index (χ1v) is 13.9. The lowest BCUT2D eigenvalue weighted by Crippen LogP contribution is -2.55. The van der Waals surface area contributed by atoms with Gasteiger partial charge in [-0.3, -0.25) is 9.59 Å². The van der Waals surface area contributed by atoms with Crippen LogP contribution < -0.4 is 10.2 Å². The highest BCUT2D eigenvalue weighted by Crippen LogP contribution is 2.47. The molecule has 9 heteroatoms. The molecule has 0 radical (unpaired) electrons. The average Bonchev–Trinajstić information content (AvgIpc) is 3.21. The SMILES string of the molecule is CN(C)CC(=O)N1CC2(CCN(C(=O)[C@@H](COCc3ccccc3)NC(=O)OC(C)(C)C)CC2)c2ccccc21. The van der Waals surface area contributed by atoms with Crippen molar-refractivity contribution in [1.29, 1.82) is 0 Å². The van der Waals surface area contributed by atoms with Crippen molar-refractivity contribution in [1.82, 2.24) is 15.1 Å². The molecule has 2 heterocycles. The zero-order chi connectivity index (χ0) is 28.9. The smallest absolute Gasteiger partial charge is 0.408 e. The first kappa shape index (κ1) is 29.6. The van der Waals surface area contributed by atoms with E-state index in [0.29, 0.717) is 32.8 Å². The lowest BCUT2D eigenvalue weighted by molar-refractivity contribution is -0.137. The van der Waals surface area contributed by atoms with Crippen LogP contribution in [0.15, 0.2) is 54.6 Å². The van der Waals surface area contributed by atoms with Crippen LogP contribution in [-0.2, 0) is 31.1 Å². The van der Waals surface area contributed by atoms with E-state index in [4.69, 9.17) is 9.47 Å². The molecule has 40 heavy (non-hydrogen) atoms. The van der Waals surface area contributed by atoms with Gasteiger partial charge in [0, 0.05) is 30.7 Å². The van der Waals surface area contributed by atoms with E-state index in [9.17, 15) is 14.4 Å². The summed E-state index contributed by atoms with van der Waals surface area (Å²) in [6.07, 6.45) is 0.805. The van der Waals surface area contributed by atoms with Gasteiger partial charge in [-0.25, -0.2) is 4.79 Å². The molecular formula is C31H42N4O5. The van der Waals surface area contributed by atoms with Gasteiger partial charge in [0.15, 0.2) is 0 Å². The summed E-state index contributed by atoms with van der Waals surface area (Å²) in [5.74, 6) is -0.120. The monoisotopic (exact) mass is 550 g/mol. The van der Waals surface area contributed by atoms with Gasteiger partial charge < -0.3 is 29.5 Å². The van der Waals surface area contributed by atoms with Gasteiger partial charge in [0.2, 0.25) is 11.8 Å². The number of alkyl carbamates (subject to hydrolysis) is 1. The number of fused-ring (bicyclic) bond motifs is 2. The number of benzene rings is 2. The van der Waals surface area contributed by atoms with Gasteiger partial charge in [-0.2, -0.15) is 0 Å². The predicted molar refractivity (Wildman–Crippen MR) is 154 cm³/mol. The summed E-state index contributed by atoms with van der Waals surface area (Å²) >= 11 is 0. The van der Waals surface area contributed by atoms with Gasteiger partial charge in [0.25, 0.3) is 0 Å². The number of para-hydroxylation sites is 1. The molecule has 2 aliphatic heterocycles. The van der Waals surface area contributed by atoms with Crippen molar-refractivity contribution in [3.8, 4) is 0 Å². The minimum Gasteiger partial charge on any atom is -0.444 e. The lowest BCUT2D eigenvalue weighted by atomic mass is 9.74. The van der Waals surface area contributed by atoms with Crippen molar-refractivity contribution in [2.24, 2.45) is 0 Å². The van der Waals surface area contributed by atoms with Crippen LogP contribution in [0.1, 0.15) is 44.7 Å². The maximum Gasteiger partial charge on any atom is 0.408 e. The van der Waals surface area contributed by atoms with Crippen molar-refractivity contribution < 1.29 is 23.9 Å². The molecule has 2 aliphatic rings. The van der Waals surface area contributed by atoms with Crippen LogP contribution in [0.2, 0.25) is 0 Å². The van der Waals surface area contributed by atoms with Crippen molar-refractivity contribution in [2.45, 2.75) is 57.3 Å². The molecule has 1 fully saturated rings. The minimum absolute atomic E-state index is 0.0320. The number of hydrogen-bond acceptors (Lipinski definition) is 6. The van der Waals surface area contributed by atoms with E-state index >= 15 is 0 Å². The molecule has 4 rings (SSSR count). The summed E-state index contributed by atoms with van der Waals surface area (Å²) in [5, 5.41) is 2.74. The van der Waals surface area contributed by atoms with Crippen molar-refractivity contribution >= 4 is 23.6 Å². The number of nitrogens with one attached hydrogen (secondary N) is 1. The first-order chi connectivity index (χ1) is 19.0. The lowest BCUT2D eigenvalue weighted by Gasteiger charge is -2.41. The number of hydrogen-bond donors (Lipinski definition) is 1. The van der Waals surface area contributed by atoms with Gasteiger partial charge in [-0.15, -0.1) is 0 Å². The topological polar surface area (TPSA) is 91.4 Å². The molecule has 0 aromatic heterocycles. The molecule has 2 aromatic carbocycles. The second-order valence-corrected chi connectivity index (χ2v) is 12.0. The highest BCUT2D eigenvalue weighted by Gasteiger charge is 2.47. The number of carbonyl (C=O) groups is 3. The maximum atomic E-state index is 13.7. The van der Waals surface area contributed by atoms with E-state index < -0.39 is 17.7 Å². The molecule has 1 saturated heterocycles. The molecule has 0 bridgehead atoms. The first-order valence-electron chi connectivity index (χ1n) is 13.9. The normalized spacial score (nSPS) is 17.1. The van der Waals surface area contributed by atoms with Crippen LogP contribution in [0.25, 0.3) is 0 Å². The number of amides is 3. The quantitative estimate of drug-likeness (QED) is 0.541. The van der Waals surface area contributed by atoms with E-state index in [0.717, 1.165) is 24.1 Å². The van der Waals surface area contributed by atoms with E-state index in [1.807, 2.05) is 72.4 Å². The number of anilines is 1. The van der Waals surface area contributed by atoms with Gasteiger partial charge in [-0.1, -0.05) is 48.5 Å². The average molecular weight is 551 g/mol. The molecule has 1 atom stereocenters. The fourth-order valence-electron chi connectivity index (χ4n) is 5.51. The maximum absolute atomic E-state index is 13.7. The molecule has 216 valence electrons. The predicted octanol–water partition coefficient (Wildman–Crippen LogP) is 3.57. The van der Waals surface area contributed by atoms with Gasteiger partial charge in [0.05, 0.1) is 19.8 Å². The summed E-state index contributed by atoms with van der Waals surface area (Å²) in [4.78, 5) is 44.9. The summed E-state index contributed by atoms with van der Waals surface area (Å²) in [6, 6.07) is 16.9. The Morgan fingerprint density at radius 1 is 1.00 bits per heavy atom. The van der Waals surface area contributed by atoms with E-state index in [-0.39, 0.29) is 23.8 Å². The number of likely N-dealkylation sites (tertiary alicyclic amines) is 1. The summed E-state index contributed by atoms with van der Waals surface area (Å²) < 4.78 is 11.3. The highest BCUT2D eigenvalue weighted by molar-refractivity contribution is 5.97. The summed E-state index contributed by atoms with van der Waals surface area (Å²) in [7, 11) is 3.79. The summed E-state index contributed by atoms with van der Waals surface area (Å²) in [6.45, 7) is 7.71. The number of ether oxygens (including phenoxy) is 2. The molecule has 0 aliphatic carbocycles. The number of likely N-dealkylation sites (N-methyl/N-ethyl adjacent to an activating group) is 1. The zero-order valence-electron chi connectivity index (χ0n) is 24.3. The fraction of sp³-hybridized carbons (Fsp3) is 0.516. The molecule has 0 unspecified atom stereocenters. The van der Waals surface area contributed by atoms with Gasteiger partial charge in [0.1, 0.15) is 11.6 Å². The Balaban J connectivity index is 1.44. The van der Waals surface area contributed by atoms with Crippen LogP contribution in [0, 0.1) is 0 Å². The Labute approximate surface area is 237 Å². The Morgan fingerprint density at radius 2 is 1.65 bits per heavy atom. The number of carbonyl (C=O) groups excluding carboxylic acids is 3. The second kappa shape index (κ2) is 12.4. The molecule has 2 aromatic rings. The molecule has 3 amide bonds. The third kappa shape index (κ3) is 7.20. The van der Waals surface area contributed by atoms with Gasteiger partial charge >= 0.3 is 6.09 Å². The van der Waals surface area contributed by atoms with Crippen molar-refractivity contribution in [3.05, 3.63) is 65.7 Å². The van der Waals surface area contributed by atoms with Crippen LogP contribution in [-0.4, -0.2) is 86.2 Å². The Bertz CT molecular complexity index is 1190. The molecule has 1 N–H and O–H groups in total.